The molecule has 0 bridgehead atoms. The van der Waals surface area contributed by atoms with Crippen molar-refractivity contribution in [3.05, 3.63) is 84.4 Å². The normalized spacial score (nSPS) is 10.7. The van der Waals surface area contributed by atoms with Crippen LogP contribution in [-0.2, 0) is 6.54 Å². The number of carbonyl (C=O) groups is 1. The van der Waals surface area contributed by atoms with Gasteiger partial charge in [-0.1, -0.05) is 0 Å². The van der Waals surface area contributed by atoms with E-state index in [1.54, 1.807) is 41.5 Å². The number of pyridine rings is 1. The molecular formula is C21H16F2N6O. The Balaban J connectivity index is 1.42. The number of nitrogens with one attached hydrogen (secondary N) is 1. The number of aromatic nitrogens is 5. The van der Waals surface area contributed by atoms with Crippen LogP contribution < -0.4 is 5.32 Å². The molecule has 0 aliphatic carbocycles. The maximum absolute atomic E-state index is 13.7. The van der Waals surface area contributed by atoms with Gasteiger partial charge >= 0.3 is 0 Å². The van der Waals surface area contributed by atoms with Gasteiger partial charge in [0.15, 0.2) is 5.82 Å². The molecule has 0 saturated heterocycles. The third kappa shape index (κ3) is 4.35. The zero-order chi connectivity index (χ0) is 20.9. The van der Waals surface area contributed by atoms with Gasteiger partial charge in [0.2, 0.25) is 0 Å². The van der Waals surface area contributed by atoms with Crippen molar-refractivity contribution >= 4 is 5.91 Å². The molecule has 0 fully saturated rings. The third-order valence-electron chi connectivity index (χ3n) is 4.29. The van der Waals surface area contributed by atoms with E-state index in [1.165, 1.54) is 18.2 Å². The summed E-state index contributed by atoms with van der Waals surface area (Å²) in [6.45, 7) is 0.655. The van der Waals surface area contributed by atoms with Crippen molar-refractivity contribution in [2.75, 3.05) is 6.54 Å². The molecule has 1 N–H and O–H groups in total. The third-order valence-corrected chi connectivity index (χ3v) is 4.29. The summed E-state index contributed by atoms with van der Waals surface area (Å²) in [7, 11) is 0. The molecular weight excluding hydrogens is 390 g/mol. The van der Waals surface area contributed by atoms with Gasteiger partial charge in [0, 0.05) is 30.7 Å². The van der Waals surface area contributed by atoms with Crippen LogP contribution in [0.3, 0.4) is 0 Å². The quantitative estimate of drug-likeness (QED) is 0.532. The van der Waals surface area contributed by atoms with Crippen LogP contribution in [0.25, 0.3) is 22.8 Å². The SMILES string of the molecule is O=C(NCCn1ccc(-c2ccc(F)cn2)n1)c1cc(F)ccc1-c1ncccn1. The van der Waals surface area contributed by atoms with Gasteiger partial charge < -0.3 is 5.32 Å². The van der Waals surface area contributed by atoms with Gasteiger partial charge in [-0.25, -0.2) is 18.7 Å². The molecule has 1 amide bonds. The predicted molar refractivity (Wildman–Crippen MR) is 105 cm³/mol. The van der Waals surface area contributed by atoms with E-state index in [0.717, 1.165) is 12.3 Å². The fraction of sp³-hybridized carbons (Fsp3) is 0.0952. The van der Waals surface area contributed by atoms with Crippen LogP contribution in [0.1, 0.15) is 10.4 Å². The first-order valence-electron chi connectivity index (χ1n) is 9.11. The lowest BCUT2D eigenvalue weighted by Gasteiger charge is -2.10. The van der Waals surface area contributed by atoms with Crippen LogP contribution in [0.2, 0.25) is 0 Å². The highest BCUT2D eigenvalue weighted by Crippen LogP contribution is 2.21. The lowest BCUT2D eigenvalue weighted by atomic mass is 10.1. The minimum absolute atomic E-state index is 0.151. The molecule has 3 heterocycles. The lowest BCUT2D eigenvalue weighted by molar-refractivity contribution is 0.0952. The smallest absolute Gasteiger partial charge is 0.252 e. The van der Waals surface area contributed by atoms with Crippen molar-refractivity contribution in [3.63, 3.8) is 0 Å². The van der Waals surface area contributed by atoms with E-state index in [2.05, 4.69) is 25.4 Å². The maximum Gasteiger partial charge on any atom is 0.252 e. The van der Waals surface area contributed by atoms with E-state index in [-0.39, 0.29) is 12.1 Å². The minimum atomic E-state index is -0.525. The van der Waals surface area contributed by atoms with Gasteiger partial charge in [0.1, 0.15) is 17.3 Å². The van der Waals surface area contributed by atoms with Crippen LogP contribution in [0.15, 0.2) is 67.3 Å². The van der Waals surface area contributed by atoms with Crippen LogP contribution in [0, 0.1) is 11.6 Å². The van der Waals surface area contributed by atoms with Crippen molar-refractivity contribution in [2.24, 2.45) is 0 Å². The molecule has 3 aromatic heterocycles. The fourth-order valence-electron chi connectivity index (χ4n) is 2.87. The summed E-state index contributed by atoms with van der Waals surface area (Å²) in [6, 6.07) is 10.2. The largest absolute Gasteiger partial charge is 0.350 e. The molecule has 0 radical (unpaired) electrons. The minimum Gasteiger partial charge on any atom is -0.350 e. The van der Waals surface area contributed by atoms with E-state index in [0.29, 0.717) is 29.3 Å². The number of nitrogens with zero attached hydrogens (tertiary/aromatic N) is 5. The molecule has 0 aliphatic heterocycles. The molecule has 0 unspecified atom stereocenters. The topological polar surface area (TPSA) is 85.6 Å². The van der Waals surface area contributed by atoms with Crippen molar-refractivity contribution in [3.8, 4) is 22.8 Å². The van der Waals surface area contributed by atoms with Gasteiger partial charge in [0.25, 0.3) is 5.91 Å². The van der Waals surface area contributed by atoms with Crippen molar-refractivity contribution < 1.29 is 13.6 Å². The van der Waals surface area contributed by atoms with Crippen molar-refractivity contribution in [1.82, 2.24) is 30.0 Å². The van der Waals surface area contributed by atoms with Crippen LogP contribution in [-0.4, -0.2) is 37.2 Å². The van der Waals surface area contributed by atoms with Gasteiger partial charge in [0.05, 0.1) is 24.0 Å². The van der Waals surface area contributed by atoms with Gasteiger partial charge in [-0.15, -0.1) is 0 Å². The van der Waals surface area contributed by atoms with Crippen LogP contribution >= 0.6 is 0 Å². The molecule has 4 aromatic rings. The van der Waals surface area contributed by atoms with Crippen LogP contribution in [0.5, 0.6) is 0 Å². The predicted octanol–water partition coefficient (Wildman–Crippen LogP) is 3.11. The molecule has 1 aromatic carbocycles. The summed E-state index contributed by atoms with van der Waals surface area (Å²) in [6.07, 6.45) is 5.97. The molecule has 7 nitrogen and oxygen atoms in total. The second-order valence-electron chi connectivity index (χ2n) is 6.34. The highest BCUT2D eigenvalue weighted by molar-refractivity contribution is 6.00. The first-order chi connectivity index (χ1) is 14.6. The summed E-state index contributed by atoms with van der Waals surface area (Å²) in [5.41, 5.74) is 1.73. The second kappa shape index (κ2) is 8.56. The van der Waals surface area contributed by atoms with E-state index < -0.39 is 17.5 Å². The molecule has 4 rings (SSSR count). The molecule has 30 heavy (non-hydrogen) atoms. The highest BCUT2D eigenvalue weighted by atomic mass is 19.1. The Hall–Kier alpha value is -4.01. The van der Waals surface area contributed by atoms with Crippen LogP contribution in [0.4, 0.5) is 8.78 Å². The molecule has 0 atom stereocenters. The van der Waals surface area contributed by atoms with Gasteiger partial charge in [-0.2, -0.15) is 5.10 Å². The lowest BCUT2D eigenvalue weighted by Crippen LogP contribution is -2.28. The molecule has 150 valence electrons. The van der Waals surface area contributed by atoms with Gasteiger partial charge in [-0.05, 0) is 42.5 Å². The number of hydrogen-bond acceptors (Lipinski definition) is 5. The number of carbonyl (C=O) groups excluding carboxylic acids is 1. The molecule has 0 spiro atoms. The summed E-state index contributed by atoms with van der Waals surface area (Å²) < 4.78 is 28.4. The number of rotatable bonds is 6. The number of hydrogen-bond donors (Lipinski definition) is 1. The Morgan fingerprint density at radius 3 is 2.53 bits per heavy atom. The molecule has 9 heteroatoms. The van der Waals surface area contributed by atoms with Crippen molar-refractivity contribution in [1.29, 1.82) is 0 Å². The summed E-state index contributed by atoms with van der Waals surface area (Å²) >= 11 is 0. The van der Waals surface area contributed by atoms with E-state index in [4.69, 9.17) is 0 Å². The highest BCUT2D eigenvalue weighted by Gasteiger charge is 2.15. The Morgan fingerprint density at radius 2 is 1.77 bits per heavy atom. The Labute approximate surface area is 170 Å². The molecule has 0 saturated carbocycles. The second-order valence-corrected chi connectivity index (χ2v) is 6.34. The first-order valence-corrected chi connectivity index (χ1v) is 9.11. The average molecular weight is 406 g/mol. The Morgan fingerprint density at radius 1 is 0.967 bits per heavy atom. The van der Waals surface area contributed by atoms with Crippen molar-refractivity contribution in [2.45, 2.75) is 6.54 Å². The molecule has 0 aliphatic rings. The van der Waals surface area contributed by atoms with E-state index in [1.807, 2.05) is 0 Å². The number of benzene rings is 1. The Kier molecular flexibility index (Phi) is 5.51. The van der Waals surface area contributed by atoms with E-state index >= 15 is 0 Å². The summed E-state index contributed by atoms with van der Waals surface area (Å²) in [4.78, 5) is 24.9. The zero-order valence-corrected chi connectivity index (χ0v) is 15.7. The standard InChI is InChI=1S/C21H16F2N6O/c22-14-2-4-16(20-24-7-1-8-25-20)17(12-14)21(30)26-9-11-29-10-6-19(28-29)18-5-3-15(23)13-27-18/h1-8,10,12-13H,9,11H2,(H,26,30). The van der Waals surface area contributed by atoms with Gasteiger partial charge in [-0.3, -0.25) is 14.5 Å². The fourth-order valence-corrected chi connectivity index (χ4v) is 2.87. The van der Waals surface area contributed by atoms with E-state index in [9.17, 15) is 13.6 Å². The summed E-state index contributed by atoms with van der Waals surface area (Å²) in [5.74, 6) is -1.04. The number of amides is 1. The average Bonchev–Trinajstić information content (AvgIpc) is 3.23. The monoisotopic (exact) mass is 406 g/mol. The Bertz CT molecular complexity index is 1160. The maximum atomic E-state index is 13.7. The zero-order valence-electron chi connectivity index (χ0n) is 15.7. The first kappa shape index (κ1) is 19.3. The summed E-state index contributed by atoms with van der Waals surface area (Å²) in [5, 5.41) is 7.11. The number of halogens is 2.